The highest BCUT2D eigenvalue weighted by Crippen LogP contribution is 2.87. The van der Waals surface area contributed by atoms with Gasteiger partial charge in [0.2, 0.25) is 0 Å². The number of aliphatic carboxylic acids is 1. The Labute approximate surface area is 294 Å². The largest absolute Gasteiger partial charge is 0.481 e. The summed E-state index contributed by atoms with van der Waals surface area (Å²) in [6, 6.07) is 0. The van der Waals surface area contributed by atoms with Crippen molar-refractivity contribution >= 4 is 5.97 Å². The number of hydrogen-bond donors (Lipinski definition) is 4. The third-order valence-corrected chi connectivity index (χ3v) is 15.9. The highest BCUT2D eigenvalue weighted by atomic mass is 16.7. The third kappa shape index (κ3) is 5.34. The van der Waals surface area contributed by atoms with E-state index in [0.29, 0.717) is 38.0 Å². The van der Waals surface area contributed by atoms with Gasteiger partial charge >= 0.3 is 5.97 Å². The molecule has 14 atom stereocenters. The van der Waals surface area contributed by atoms with Crippen molar-refractivity contribution in [2.75, 3.05) is 32.8 Å². The maximum atomic E-state index is 12.5. The molecule has 280 valence electrons. The summed E-state index contributed by atoms with van der Waals surface area (Å²) in [6.07, 6.45) is 7.16. The second kappa shape index (κ2) is 12.4. The predicted molar refractivity (Wildman–Crippen MR) is 185 cm³/mol. The molecule has 7 aliphatic rings. The first-order valence-corrected chi connectivity index (χ1v) is 19.6. The molecule has 5 saturated carbocycles. The Morgan fingerprint density at radius 2 is 1.82 bits per heavy atom. The van der Waals surface area contributed by atoms with Crippen LogP contribution in [0.2, 0.25) is 0 Å². The van der Waals surface area contributed by atoms with E-state index in [1.54, 1.807) is 13.8 Å². The van der Waals surface area contributed by atoms with E-state index >= 15 is 0 Å². The zero-order valence-corrected chi connectivity index (χ0v) is 31.3. The SMILES string of the molecule is CCOC(C1C[C@@H](C)[C@H]2C(O1)[C@H](O)[C@@]1(N)C3CC[C@H]4C(C)(C)C(O[C@H]5CN(CCCC(=O)O)CCO5)CCC45CC35CCC21C)C(C)(C)O. The lowest BCUT2D eigenvalue weighted by molar-refractivity contribution is -0.246. The minimum absolute atomic E-state index is 0.0251. The van der Waals surface area contributed by atoms with Gasteiger partial charge in [-0.2, -0.15) is 0 Å². The van der Waals surface area contributed by atoms with Crippen molar-refractivity contribution < 1.29 is 39.1 Å². The number of ether oxygens (including phenoxy) is 4. The molecule has 8 unspecified atom stereocenters. The highest BCUT2D eigenvalue weighted by Gasteiger charge is 2.85. The van der Waals surface area contributed by atoms with E-state index in [4.69, 9.17) is 29.8 Å². The van der Waals surface area contributed by atoms with Crippen LogP contribution in [-0.2, 0) is 23.7 Å². The van der Waals surface area contributed by atoms with Gasteiger partial charge in [-0.3, -0.25) is 9.69 Å². The number of aliphatic hydroxyl groups excluding tert-OH is 1. The van der Waals surface area contributed by atoms with E-state index in [1.165, 1.54) is 12.8 Å². The van der Waals surface area contributed by atoms with Crippen LogP contribution in [0.25, 0.3) is 0 Å². The quantitative estimate of drug-likeness (QED) is 0.257. The number of aliphatic hydroxyl groups is 2. The number of hydrogen-bond acceptors (Lipinski definition) is 9. The molecule has 0 radical (unpaired) electrons. The Morgan fingerprint density at radius 3 is 2.51 bits per heavy atom. The van der Waals surface area contributed by atoms with Gasteiger partial charge in [0, 0.05) is 26.1 Å². The molecule has 0 aromatic heterocycles. The summed E-state index contributed by atoms with van der Waals surface area (Å²) in [7, 11) is 0. The number of carboxylic acids is 1. The van der Waals surface area contributed by atoms with Crippen molar-refractivity contribution in [3.05, 3.63) is 0 Å². The Balaban J connectivity index is 1.08. The molecular weight excluding hydrogens is 624 g/mol. The smallest absolute Gasteiger partial charge is 0.303 e. The predicted octanol–water partition coefficient (Wildman–Crippen LogP) is 4.58. The zero-order valence-electron chi connectivity index (χ0n) is 31.3. The number of carbonyl (C=O) groups is 1. The first-order valence-electron chi connectivity index (χ1n) is 19.6. The van der Waals surface area contributed by atoms with Gasteiger partial charge in [-0.05, 0) is 130 Å². The van der Waals surface area contributed by atoms with Crippen LogP contribution in [0.5, 0.6) is 0 Å². The lowest BCUT2D eigenvalue weighted by Crippen LogP contribution is -2.70. The first-order chi connectivity index (χ1) is 23.0. The maximum absolute atomic E-state index is 12.5. The van der Waals surface area contributed by atoms with Gasteiger partial charge in [-0.1, -0.05) is 27.7 Å². The molecule has 0 aromatic rings. The second-order valence-corrected chi connectivity index (χ2v) is 19.0. The first kappa shape index (κ1) is 36.5. The molecule has 10 heteroatoms. The fraction of sp³-hybridized carbons (Fsp3) is 0.974. The molecule has 5 aliphatic carbocycles. The van der Waals surface area contributed by atoms with E-state index in [9.17, 15) is 15.0 Å². The summed E-state index contributed by atoms with van der Waals surface area (Å²) < 4.78 is 25.9. The molecule has 2 spiro atoms. The molecule has 49 heavy (non-hydrogen) atoms. The molecule has 7 rings (SSSR count). The molecule has 2 saturated heterocycles. The van der Waals surface area contributed by atoms with E-state index < -0.39 is 29.3 Å². The lowest BCUT2D eigenvalue weighted by Gasteiger charge is -2.63. The number of fused-ring (bicyclic) bond motifs is 4. The average Bonchev–Trinajstić information content (AvgIpc) is 3.65. The summed E-state index contributed by atoms with van der Waals surface area (Å²) in [5.74, 6) is 0.481. The van der Waals surface area contributed by atoms with Gasteiger partial charge < -0.3 is 40.0 Å². The van der Waals surface area contributed by atoms with Crippen LogP contribution in [0.1, 0.15) is 113 Å². The monoisotopic (exact) mass is 690 g/mol. The van der Waals surface area contributed by atoms with Crippen molar-refractivity contribution in [1.29, 1.82) is 0 Å². The number of nitrogens with zero attached hydrogens (tertiary/aromatic N) is 1. The van der Waals surface area contributed by atoms with E-state index in [-0.39, 0.29) is 64.5 Å². The Kier molecular flexibility index (Phi) is 9.21. The van der Waals surface area contributed by atoms with Gasteiger partial charge in [-0.25, -0.2) is 0 Å². The summed E-state index contributed by atoms with van der Waals surface area (Å²) in [6.45, 7) is 18.4. The molecule has 0 aromatic carbocycles. The van der Waals surface area contributed by atoms with Gasteiger partial charge in [-0.15, -0.1) is 0 Å². The summed E-state index contributed by atoms with van der Waals surface area (Å²) in [4.78, 5) is 13.3. The van der Waals surface area contributed by atoms with Crippen LogP contribution in [0.3, 0.4) is 0 Å². The number of rotatable bonds is 10. The molecule has 0 bridgehead atoms. The van der Waals surface area contributed by atoms with Gasteiger partial charge in [0.05, 0.1) is 42.2 Å². The molecule has 2 aliphatic heterocycles. The molecule has 2 heterocycles. The van der Waals surface area contributed by atoms with Gasteiger partial charge in [0.25, 0.3) is 0 Å². The standard InChI is InChI=1S/C39H66N2O8/c1-8-46-33(35(5,6)45)24-20-23(2)30-31(48-24)32(44)39(40)26-12-11-25-34(3,4)27(13-14-37(25)22-38(26,37)16-15-36(30,39)7)49-29-21-41(18-19-47-29)17-9-10-28(42)43/h23-27,29-33,44-45H,8-22,40H2,1-7H3,(H,42,43)/t23-,24?,25+,26?,27?,29+,30+,31?,32+,33?,36?,37?,38?,39+/m1/s1. The normalized spacial score (nSPS) is 49.6. The van der Waals surface area contributed by atoms with E-state index in [1.807, 2.05) is 6.92 Å². The lowest BCUT2D eigenvalue weighted by atomic mass is 9.43. The topological polar surface area (TPSA) is 144 Å². The molecular formula is C39H66N2O8. The van der Waals surface area contributed by atoms with Crippen LogP contribution in [0.15, 0.2) is 0 Å². The van der Waals surface area contributed by atoms with Crippen LogP contribution in [0.4, 0.5) is 0 Å². The zero-order chi connectivity index (χ0) is 35.4. The minimum atomic E-state index is -1.06. The second-order valence-electron chi connectivity index (χ2n) is 19.0. The Morgan fingerprint density at radius 1 is 1.10 bits per heavy atom. The van der Waals surface area contributed by atoms with Crippen LogP contribution >= 0.6 is 0 Å². The Bertz CT molecular complexity index is 1260. The van der Waals surface area contributed by atoms with Crippen molar-refractivity contribution in [2.24, 2.45) is 51.1 Å². The average molecular weight is 691 g/mol. The summed E-state index contributed by atoms with van der Waals surface area (Å²) >= 11 is 0. The van der Waals surface area contributed by atoms with Gasteiger partial charge in [0.1, 0.15) is 6.10 Å². The van der Waals surface area contributed by atoms with Crippen LogP contribution < -0.4 is 5.73 Å². The Hall–Kier alpha value is -0.850. The van der Waals surface area contributed by atoms with Crippen molar-refractivity contribution in [3.63, 3.8) is 0 Å². The molecule has 7 fully saturated rings. The van der Waals surface area contributed by atoms with Crippen molar-refractivity contribution in [3.8, 4) is 0 Å². The van der Waals surface area contributed by atoms with E-state index in [0.717, 1.165) is 51.6 Å². The van der Waals surface area contributed by atoms with Crippen LogP contribution in [-0.4, -0.2) is 107 Å². The van der Waals surface area contributed by atoms with Crippen LogP contribution in [0, 0.1) is 45.3 Å². The summed E-state index contributed by atoms with van der Waals surface area (Å²) in [5.41, 5.74) is 6.14. The van der Waals surface area contributed by atoms with Crippen molar-refractivity contribution in [1.82, 2.24) is 4.90 Å². The fourth-order valence-corrected chi connectivity index (χ4v) is 13.9. The molecule has 0 amide bonds. The van der Waals surface area contributed by atoms with Crippen molar-refractivity contribution in [2.45, 2.75) is 161 Å². The van der Waals surface area contributed by atoms with E-state index in [2.05, 4.69) is 32.6 Å². The number of nitrogens with two attached hydrogens (primary N) is 1. The fourth-order valence-electron chi connectivity index (χ4n) is 13.9. The third-order valence-electron chi connectivity index (χ3n) is 15.9. The van der Waals surface area contributed by atoms with Gasteiger partial charge in [0.15, 0.2) is 6.29 Å². The molecule has 10 nitrogen and oxygen atoms in total. The number of morpholine rings is 1. The highest BCUT2D eigenvalue weighted by molar-refractivity contribution is 5.66. The maximum Gasteiger partial charge on any atom is 0.303 e. The minimum Gasteiger partial charge on any atom is -0.481 e. The summed E-state index contributed by atoms with van der Waals surface area (Å²) in [5, 5.41) is 32.6. The number of carboxylic acid groups (broad SMARTS) is 1. The molecule has 5 N–H and O–H groups in total.